The number of esters is 1. The van der Waals surface area contributed by atoms with E-state index in [-0.39, 0.29) is 13.0 Å². The van der Waals surface area contributed by atoms with Crippen LogP contribution < -0.4 is 5.32 Å². The monoisotopic (exact) mass is 367 g/mol. The molecule has 0 radical (unpaired) electrons. The first kappa shape index (κ1) is 18.9. The quantitative estimate of drug-likeness (QED) is 0.618. The molecule has 1 amide bonds. The molecule has 1 aromatic rings. The summed E-state index contributed by atoms with van der Waals surface area (Å²) in [5.74, 6) is -0.558. The number of ether oxygens (including phenoxy) is 2. The Labute approximate surface area is 143 Å². The van der Waals surface area contributed by atoms with Crippen LogP contribution in [0.3, 0.4) is 0 Å². The van der Waals surface area contributed by atoms with Crippen molar-refractivity contribution >= 4 is 46.9 Å². The molecule has 0 fully saturated rings. The standard InChI is InChI=1S/C14H16Cl3NO4/c1-2-21-12(19)11(8-10-6-4-3-5-7-10)18-13(20)22-9-14(15,16)17/h3-7,11H,2,8-9H2,1H3,(H,18,20)/t11-/m0/s1. The molecular weight excluding hydrogens is 353 g/mol. The van der Waals surface area contributed by atoms with E-state index in [1.807, 2.05) is 30.3 Å². The maximum atomic E-state index is 11.9. The minimum Gasteiger partial charge on any atom is -0.464 e. The second kappa shape index (κ2) is 9.08. The van der Waals surface area contributed by atoms with Gasteiger partial charge in [-0.25, -0.2) is 9.59 Å². The number of rotatable bonds is 6. The second-order valence-electron chi connectivity index (χ2n) is 4.33. The summed E-state index contributed by atoms with van der Waals surface area (Å²) in [6.07, 6.45) is -0.594. The minimum atomic E-state index is -1.71. The van der Waals surface area contributed by atoms with E-state index in [2.05, 4.69) is 5.32 Å². The Bertz CT molecular complexity index is 491. The van der Waals surface area contributed by atoms with Gasteiger partial charge in [-0.1, -0.05) is 65.1 Å². The SMILES string of the molecule is CCOC(=O)[C@H](Cc1ccccc1)NC(=O)OCC(Cl)(Cl)Cl. The summed E-state index contributed by atoms with van der Waals surface area (Å²) < 4.78 is 7.97. The fraction of sp³-hybridized carbons (Fsp3) is 0.429. The highest BCUT2D eigenvalue weighted by molar-refractivity contribution is 6.67. The molecule has 0 saturated heterocycles. The van der Waals surface area contributed by atoms with E-state index in [9.17, 15) is 9.59 Å². The summed E-state index contributed by atoms with van der Waals surface area (Å²) >= 11 is 16.5. The molecule has 0 heterocycles. The Morgan fingerprint density at radius 2 is 1.82 bits per heavy atom. The van der Waals surface area contributed by atoms with Crippen LogP contribution in [0.5, 0.6) is 0 Å². The Balaban J connectivity index is 2.66. The van der Waals surface area contributed by atoms with E-state index in [4.69, 9.17) is 44.3 Å². The van der Waals surface area contributed by atoms with Crippen LogP contribution in [0, 0.1) is 0 Å². The number of alkyl carbamates (subject to hydrolysis) is 1. The van der Waals surface area contributed by atoms with Crippen LogP contribution in [0.1, 0.15) is 12.5 Å². The average Bonchev–Trinajstić information content (AvgIpc) is 2.45. The Hall–Kier alpha value is -1.17. The van der Waals surface area contributed by atoms with Gasteiger partial charge in [-0.2, -0.15) is 0 Å². The molecule has 0 aromatic heterocycles. The van der Waals surface area contributed by atoms with Gasteiger partial charge in [-0.3, -0.25) is 0 Å². The first-order chi connectivity index (χ1) is 10.3. The Kier molecular flexibility index (Phi) is 7.79. The van der Waals surface area contributed by atoms with E-state index < -0.39 is 28.5 Å². The number of carbonyl (C=O) groups is 2. The third kappa shape index (κ3) is 7.73. The fourth-order valence-corrected chi connectivity index (χ4v) is 1.78. The number of benzene rings is 1. The van der Waals surface area contributed by atoms with Gasteiger partial charge < -0.3 is 14.8 Å². The third-order valence-corrected chi connectivity index (χ3v) is 2.84. The molecule has 1 N–H and O–H groups in total. The molecule has 0 aliphatic carbocycles. The summed E-state index contributed by atoms with van der Waals surface area (Å²) in [4.78, 5) is 23.6. The largest absolute Gasteiger partial charge is 0.464 e. The fourth-order valence-electron chi connectivity index (χ4n) is 1.62. The van der Waals surface area contributed by atoms with Crippen LogP contribution >= 0.6 is 34.8 Å². The van der Waals surface area contributed by atoms with Crippen LogP contribution in [0.2, 0.25) is 0 Å². The molecule has 0 spiro atoms. The number of amides is 1. The van der Waals surface area contributed by atoms with Crippen molar-refractivity contribution < 1.29 is 19.1 Å². The van der Waals surface area contributed by atoms with Crippen molar-refractivity contribution in [1.29, 1.82) is 0 Å². The smallest absolute Gasteiger partial charge is 0.408 e. The number of carbonyl (C=O) groups excluding carboxylic acids is 2. The molecule has 0 aliphatic rings. The molecule has 0 unspecified atom stereocenters. The van der Waals surface area contributed by atoms with Gasteiger partial charge in [0.25, 0.3) is 0 Å². The highest BCUT2D eigenvalue weighted by atomic mass is 35.6. The maximum Gasteiger partial charge on any atom is 0.408 e. The Morgan fingerprint density at radius 1 is 1.18 bits per heavy atom. The lowest BCUT2D eigenvalue weighted by atomic mass is 10.1. The minimum absolute atomic E-state index is 0.203. The first-order valence-corrected chi connectivity index (χ1v) is 7.66. The Morgan fingerprint density at radius 3 is 2.36 bits per heavy atom. The first-order valence-electron chi connectivity index (χ1n) is 6.52. The molecule has 1 atom stereocenters. The van der Waals surface area contributed by atoms with Gasteiger partial charge in [0.1, 0.15) is 12.6 Å². The van der Waals surface area contributed by atoms with Crippen molar-refractivity contribution in [2.75, 3.05) is 13.2 Å². The lowest BCUT2D eigenvalue weighted by Crippen LogP contribution is -2.44. The van der Waals surface area contributed by atoms with Crippen molar-refractivity contribution in [1.82, 2.24) is 5.32 Å². The lowest BCUT2D eigenvalue weighted by molar-refractivity contribution is -0.145. The van der Waals surface area contributed by atoms with Crippen molar-refractivity contribution in [3.8, 4) is 0 Å². The number of halogens is 3. The molecule has 22 heavy (non-hydrogen) atoms. The predicted octanol–water partition coefficient (Wildman–Crippen LogP) is 3.26. The van der Waals surface area contributed by atoms with Crippen LogP contribution in [0.15, 0.2) is 30.3 Å². The average molecular weight is 369 g/mol. The highest BCUT2D eigenvalue weighted by Crippen LogP contribution is 2.25. The zero-order valence-electron chi connectivity index (χ0n) is 11.9. The van der Waals surface area contributed by atoms with Crippen molar-refractivity contribution in [2.24, 2.45) is 0 Å². The number of nitrogens with one attached hydrogen (secondary N) is 1. The normalized spacial score (nSPS) is 12.4. The molecule has 0 saturated carbocycles. The summed E-state index contributed by atoms with van der Waals surface area (Å²) in [5, 5.41) is 2.41. The molecule has 5 nitrogen and oxygen atoms in total. The lowest BCUT2D eigenvalue weighted by Gasteiger charge is -2.18. The van der Waals surface area contributed by atoms with Gasteiger partial charge >= 0.3 is 12.1 Å². The molecule has 8 heteroatoms. The van der Waals surface area contributed by atoms with Crippen molar-refractivity contribution in [3.05, 3.63) is 35.9 Å². The summed E-state index contributed by atoms with van der Waals surface area (Å²) in [5.41, 5.74) is 0.863. The second-order valence-corrected chi connectivity index (χ2v) is 6.85. The summed E-state index contributed by atoms with van der Waals surface area (Å²) in [6, 6.07) is 8.30. The summed E-state index contributed by atoms with van der Waals surface area (Å²) in [7, 11) is 0. The third-order valence-electron chi connectivity index (χ3n) is 2.51. The number of hydrogen-bond donors (Lipinski definition) is 1. The molecule has 1 rings (SSSR count). The van der Waals surface area contributed by atoms with Crippen LogP contribution in [-0.2, 0) is 20.7 Å². The zero-order chi connectivity index (χ0) is 16.6. The molecule has 0 bridgehead atoms. The molecular formula is C14H16Cl3NO4. The molecule has 0 aliphatic heterocycles. The van der Waals surface area contributed by atoms with E-state index >= 15 is 0 Å². The number of hydrogen-bond acceptors (Lipinski definition) is 4. The zero-order valence-corrected chi connectivity index (χ0v) is 14.1. The van der Waals surface area contributed by atoms with E-state index in [0.29, 0.717) is 0 Å². The topological polar surface area (TPSA) is 64.6 Å². The van der Waals surface area contributed by atoms with Crippen LogP contribution in [-0.4, -0.2) is 35.1 Å². The highest BCUT2D eigenvalue weighted by Gasteiger charge is 2.26. The van der Waals surface area contributed by atoms with Crippen LogP contribution in [0.4, 0.5) is 4.79 Å². The van der Waals surface area contributed by atoms with Gasteiger partial charge in [0.2, 0.25) is 3.79 Å². The maximum absolute atomic E-state index is 11.9. The van der Waals surface area contributed by atoms with Gasteiger partial charge in [0.05, 0.1) is 6.61 Å². The van der Waals surface area contributed by atoms with E-state index in [1.165, 1.54) is 0 Å². The van der Waals surface area contributed by atoms with Crippen molar-refractivity contribution in [3.63, 3.8) is 0 Å². The number of alkyl halides is 3. The van der Waals surface area contributed by atoms with E-state index in [0.717, 1.165) is 5.56 Å². The van der Waals surface area contributed by atoms with Crippen LogP contribution in [0.25, 0.3) is 0 Å². The molecule has 122 valence electrons. The van der Waals surface area contributed by atoms with Gasteiger partial charge in [-0.05, 0) is 12.5 Å². The predicted molar refractivity (Wildman–Crippen MR) is 85.3 cm³/mol. The van der Waals surface area contributed by atoms with Gasteiger partial charge in [-0.15, -0.1) is 0 Å². The van der Waals surface area contributed by atoms with Gasteiger partial charge in [0.15, 0.2) is 0 Å². The van der Waals surface area contributed by atoms with E-state index in [1.54, 1.807) is 6.92 Å². The van der Waals surface area contributed by atoms with Gasteiger partial charge in [0, 0.05) is 6.42 Å². The molecule has 1 aromatic carbocycles. The summed E-state index contributed by atoms with van der Waals surface area (Å²) in [6.45, 7) is 1.46. The van der Waals surface area contributed by atoms with Crippen molar-refractivity contribution in [2.45, 2.75) is 23.2 Å².